The number of nitrogens with one attached hydrogen (secondary N) is 1. The maximum absolute atomic E-state index is 3.50. The van der Waals surface area contributed by atoms with E-state index in [1.165, 1.54) is 22.3 Å². The highest BCUT2D eigenvalue weighted by Gasteiger charge is 2.08. The van der Waals surface area contributed by atoms with E-state index in [2.05, 4.69) is 73.8 Å². The van der Waals surface area contributed by atoms with Crippen LogP contribution in [0.2, 0.25) is 0 Å². The first kappa shape index (κ1) is 13.4. The van der Waals surface area contributed by atoms with Crippen molar-refractivity contribution in [3.05, 3.63) is 83.9 Å². The van der Waals surface area contributed by atoms with Gasteiger partial charge in [-0.05, 0) is 54.3 Å². The molecule has 3 rings (SSSR count). The van der Waals surface area contributed by atoms with Crippen molar-refractivity contribution in [1.29, 1.82) is 0 Å². The van der Waals surface area contributed by atoms with Gasteiger partial charge in [0.25, 0.3) is 0 Å². The van der Waals surface area contributed by atoms with Crippen molar-refractivity contribution in [2.75, 3.05) is 5.32 Å². The fourth-order valence-electron chi connectivity index (χ4n) is 2.61. The molecule has 1 nitrogen and oxygen atoms in total. The van der Waals surface area contributed by atoms with Gasteiger partial charge in [-0.3, -0.25) is 0 Å². The molecule has 0 aromatic heterocycles. The monoisotopic (exact) mass is 273 g/mol. The third-order valence-electron chi connectivity index (χ3n) is 3.82. The van der Waals surface area contributed by atoms with Gasteiger partial charge in [-0.15, -0.1) is 0 Å². The third kappa shape index (κ3) is 2.82. The second-order valence-electron chi connectivity index (χ2n) is 5.28. The van der Waals surface area contributed by atoms with E-state index in [1.807, 2.05) is 18.2 Å². The van der Waals surface area contributed by atoms with Crippen LogP contribution in [-0.2, 0) is 0 Å². The number of hydrogen-bond donors (Lipinski definition) is 1. The highest BCUT2D eigenvalue weighted by Crippen LogP contribution is 2.31. The van der Waals surface area contributed by atoms with Crippen molar-refractivity contribution in [2.45, 2.75) is 13.8 Å². The Balaban J connectivity index is 2.02. The molecule has 0 saturated carbocycles. The average Bonchev–Trinajstić information content (AvgIpc) is 2.51. The topological polar surface area (TPSA) is 12.0 Å². The molecule has 0 heterocycles. The van der Waals surface area contributed by atoms with Crippen LogP contribution in [0.25, 0.3) is 11.1 Å². The van der Waals surface area contributed by atoms with Crippen molar-refractivity contribution >= 4 is 11.4 Å². The summed E-state index contributed by atoms with van der Waals surface area (Å²) >= 11 is 0. The van der Waals surface area contributed by atoms with Crippen LogP contribution < -0.4 is 5.32 Å². The first-order valence-corrected chi connectivity index (χ1v) is 7.23. The van der Waals surface area contributed by atoms with Gasteiger partial charge in [0.05, 0.1) is 0 Å². The Morgan fingerprint density at radius 1 is 0.619 bits per heavy atom. The number of hydrogen-bond acceptors (Lipinski definition) is 1. The molecule has 0 aliphatic carbocycles. The van der Waals surface area contributed by atoms with Crippen LogP contribution in [0.5, 0.6) is 0 Å². The van der Waals surface area contributed by atoms with E-state index in [1.54, 1.807) is 0 Å². The summed E-state index contributed by atoms with van der Waals surface area (Å²) in [5.41, 5.74) is 7.43. The number of rotatable bonds is 3. The molecule has 0 fully saturated rings. The molecule has 0 amide bonds. The van der Waals surface area contributed by atoms with Crippen molar-refractivity contribution in [3.63, 3.8) is 0 Å². The molecule has 1 heteroatoms. The average molecular weight is 273 g/mol. The van der Waals surface area contributed by atoms with Crippen LogP contribution in [0, 0.1) is 13.8 Å². The predicted molar refractivity (Wildman–Crippen MR) is 91.1 cm³/mol. The third-order valence-corrected chi connectivity index (χ3v) is 3.82. The van der Waals surface area contributed by atoms with E-state index in [9.17, 15) is 0 Å². The van der Waals surface area contributed by atoms with Crippen LogP contribution in [-0.4, -0.2) is 0 Å². The van der Waals surface area contributed by atoms with E-state index >= 15 is 0 Å². The number of aryl methyl sites for hydroxylation is 1. The molecule has 0 unspecified atom stereocenters. The minimum atomic E-state index is 1.11. The van der Waals surface area contributed by atoms with Crippen molar-refractivity contribution in [3.8, 4) is 11.1 Å². The maximum atomic E-state index is 3.50. The summed E-state index contributed by atoms with van der Waals surface area (Å²) in [6, 6.07) is 25.2. The summed E-state index contributed by atoms with van der Waals surface area (Å²) in [5, 5.41) is 3.50. The first-order chi connectivity index (χ1) is 10.3. The summed E-state index contributed by atoms with van der Waals surface area (Å²) < 4.78 is 0. The molecule has 21 heavy (non-hydrogen) atoms. The lowest BCUT2D eigenvalue weighted by atomic mass is 9.95. The lowest BCUT2D eigenvalue weighted by Gasteiger charge is -2.15. The quantitative estimate of drug-likeness (QED) is 0.644. The van der Waals surface area contributed by atoms with Crippen LogP contribution in [0.4, 0.5) is 11.4 Å². The smallest absolute Gasteiger partial charge is 0.0420 e. The van der Waals surface area contributed by atoms with Gasteiger partial charge in [-0.1, -0.05) is 54.6 Å². The summed E-state index contributed by atoms with van der Waals surface area (Å²) in [4.78, 5) is 0. The Kier molecular flexibility index (Phi) is 3.74. The number of para-hydroxylation sites is 1. The van der Waals surface area contributed by atoms with Crippen LogP contribution in [0.1, 0.15) is 11.1 Å². The summed E-state index contributed by atoms with van der Waals surface area (Å²) in [6.07, 6.45) is 0. The fourth-order valence-corrected chi connectivity index (χ4v) is 2.61. The highest BCUT2D eigenvalue weighted by atomic mass is 14.9. The minimum Gasteiger partial charge on any atom is -0.355 e. The van der Waals surface area contributed by atoms with Gasteiger partial charge in [0.1, 0.15) is 0 Å². The molecule has 0 atom stereocenters. The SMILES string of the molecule is Cc1ccccc1-c1cccc(Nc2ccccc2)c1C. The second kappa shape index (κ2) is 5.84. The van der Waals surface area contributed by atoms with E-state index in [0.29, 0.717) is 0 Å². The summed E-state index contributed by atoms with van der Waals surface area (Å²) in [5.74, 6) is 0. The van der Waals surface area contributed by atoms with E-state index in [-0.39, 0.29) is 0 Å². The molecule has 0 radical (unpaired) electrons. The molecule has 0 saturated heterocycles. The van der Waals surface area contributed by atoms with Gasteiger partial charge < -0.3 is 5.32 Å². The first-order valence-electron chi connectivity index (χ1n) is 7.23. The fraction of sp³-hybridized carbons (Fsp3) is 0.100. The Labute approximate surface area is 126 Å². The molecule has 3 aromatic rings. The largest absolute Gasteiger partial charge is 0.355 e. The Bertz CT molecular complexity index is 745. The lowest BCUT2D eigenvalue weighted by Crippen LogP contribution is -1.95. The summed E-state index contributed by atoms with van der Waals surface area (Å²) in [7, 11) is 0. The van der Waals surface area contributed by atoms with Gasteiger partial charge >= 0.3 is 0 Å². The van der Waals surface area contributed by atoms with Crippen molar-refractivity contribution < 1.29 is 0 Å². The van der Waals surface area contributed by atoms with Crippen LogP contribution in [0.3, 0.4) is 0 Å². The number of anilines is 2. The molecular weight excluding hydrogens is 254 g/mol. The molecule has 0 spiro atoms. The predicted octanol–water partition coefficient (Wildman–Crippen LogP) is 5.71. The van der Waals surface area contributed by atoms with Gasteiger partial charge in [-0.25, -0.2) is 0 Å². The molecule has 0 bridgehead atoms. The molecule has 3 aromatic carbocycles. The van der Waals surface area contributed by atoms with E-state index in [0.717, 1.165) is 11.4 Å². The Morgan fingerprint density at radius 2 is 1.29 bits per heavy atom. The van der Waals surface area contributed by atoms with E-state index < -0.39 is 0 Å². The zero-order valence-corrected chi connectivity index (χ0v) is 12.4. The molecular formula is C20H19N. The van der Waals surface area contributed by atoms with Gasteiger partial charge in [-0.2, -0.15) is 0 Å². The lowest BCUT2D eigenvalue weighted by molar-refractivity contribution is 1.39. The van der Waals surface area contributed by atoms with Crippen LogP contribution >= 0.6 is 0 Å². The molecule has 104 valence electrons. The molecule has 0 aliphatic heterocycles. The second-order valence-corrected chi connectivity index (χ2v) is 5.28. The van der Waals surface area contributed by atoms with Crippen molar-refractivity contribution in [2.24, 2.45) is 0 Å². The zero-order valence-electron chi connectivity index (χ0n) is 12.4. The zero-order chi connectivity index (χ0) is 14.7. The molecule has 0 aliphatic rings. The normalized spacial score (nSPS) is 10.4. The number of benzene rings is 3. The van der Waals surface area contributed by atoms with Gasteiger partial charge in [0, 0.05) is 11.4 Å². The van der Waals surface area contributed by atoms with Crippen LogP contribution in [0.15, 0.2) is 72.8 Å². The standard InChI is InChI=1S/C20H19N/c1-15-9-6-7-12-18(15)19-13-8-14-20(16(19)2)21-17-10-4-3-5-11-17/h3-14,21H,1-2H3. The minimum absolute atomic E-state index is 1.11. The van der Waals surface area contributed by atoms with Gasteiger partial charge in [0.2, 0.25) is 0 Å². The highest BCUT2D eigenvalue weighted by molar-refractivity contribution is 5.77. The van der Waals surface area contributed by atoms with E-state index in [4.69, 9.17) is 0 Å². The maximum Gasteiger partial charge on any atom is 0.0420 e. The summed E-state index contributed by atoms with van der Waals surface area (Å²) in [6.45, 7) is 4.33. The van der Waals surface area contributed by atoms with Gasteiger partial charge in [0.15, 0.2) is 0 Å². The molecule has 1 N–H and O–H groups in total. The Hall–Kier alpha value is -2.54. The Morgan fingerprint density at radius 3 is 2.05 bits per heavy atom. The van der Waals surface area contributed by atoms with Crippen molar-refractivity contribution in [1.82, 2.24) is 0 Å².